The van der Waals surface area contributed by atoms with Crippen LogP contribution in [0.3, 0.4) is 0 Å². The molecule has 144 valence electrons. The van der Waals surface area contributed by atoms with Crippen molar-refractivity contribution in [2.75, 3.05) is 19.6 Å². The molecule has 7 heteroatoms. The summed E-state index contributed by atoms with van der Waals surface area (Å²) in [5.41, 5.74) is 8.46. The summed E-state index contributed by atoms with van der Waals surface area (Å²) in [6.07, 6.45) is 3.75. The van der Waals surface area contributed by atoms with E-state index in [-0.39, 0.29) is 23.7 Å². The fraction of sp³-hybridized carbons (Fsp3) is 0.500. The number of benzene rings is 1. The predicted molar refractivity (Wildman–Crippen MR) is 101 cm³/mol. The number of halogens is 1. The van der Waals surface area contributed by atoms with Crippen molar-refractivity contribution in [3.05, 3.63) is 53.6 Å². The number of likely N-dealkylation sites (tertiary alicyclic amines) is 1. The third kappa shape index (κ3) is 3.61. The molecule has 0 spiro atoms. The molecule has 2 aliphatic heterocycles. The quantitative estimate of drug-likeness (QED) is 0.865. The number of piperidine rings is 1. The van der Waals surface area contributed by atoms with E-state index in [0.29, 0.717) is 18.2 Å². The van der Waals surface area contributed by atoms with Crippen LogP contribution < -0.4 is 10.9 Å². The van der Waals surface area contributed by atoms with Gasteiger partial charge in [0.1, 0.15) is 11.5 Å². The third-order valence-electron chi connectivity index (χ3n) is 5.81. The van der Waals surface area contributed by atoms with E-state index < -0.39 is 0 Å². The molecule has 1 aromatic heterocycles. The Morgan fingerprint density at radius 3 is 2.89 bits per heavy atom. The smallest absolute Gasteiger partial charge is 0.272 e. The highest BCUT2D eigenvalue weighted by Gasteiger charge is 2.38. The van der Waals surface area contributed by atoms with Gasteiger partial charge in [-0.3, -0.25) is 20.3 Å². The van der Waals surface area contributed by atoms with Crippen molar-refractivity contribution in [2.24, 2.45) is 5.92 Å². The van der Waals surface area contributed by atoms with Gasteiger partial charge >= 0.3 is 0 Å². The summed E-state index contributed by atoms with van der Waals surface area (Å²) >= 11 is 0. The summed E-state index contributed by atoms with van der Waals surface area (Å²) in [6.45, 7) is 5.00. The van der Waals surface area contributed by atoms with Gasteiger partial charge in [0.2, 0.25) is 0 Å². The van der Waals surface area contributed by atoms with Crippen LogP contribution in [0.25, 0.3) is 0 Å². The molecule has 0 saturated carbocycles. The van der Waals surface area contributed by atoms with Crippen LogP contribution >= 0.6 is 0 Å². The molecular formula is C20H26FN5O. The molecule has 0 aliphatic carbocycles. The van der Waals surface area contributed by atoms with Crippen LogP contribution in [0.5, 0.6) is 0 Å². The maximum absolute atomic E-state index is 13.3. The van der Waals surface area contributed by atoms with Crippen LogP contribution in [0, 0.1) is 11.7 Å². The number of hydrogen-bond donors (Lipinski definition) is 2. The van der Waals surface area contributed by atoms with Gasteiger partial charge in [-0.1, -0.05) is 12.1 Å². The molecule has 2 aromatic rings. The fourth-order valence-electron chi connectivity index (χ4n) is 4.41. The molecule has 0 bridgehead atoms. The minimum absolute atomic E-state index is 0.0586. The SMILES string of the molecule is CCn1nccc1C(=O)N1CCCC(C2NNCC2c2ccc(F)cc2)C1. The number of aryl methyl sites for hydroxylation is 1. The van der Waals surface area contributed by atoms with Crippen molar-refractivity contribution >= 4 is 5.91 Å². The van der Waals surface area contributed by atoms with Gasteiger partial charge in [0.25, 0.3) is 5.91 Å². The largest absolute Gasteiger partial charge is 0.337 e. The zero-order valence-electron chi connectivity index (χ0n) is 15.6. The highest BCUT2D eigenvalue weighted by Crippen LogP contribution is 2.32. The van der Waals surface area contributed by atoms with E-state index in [0.717, 1.165) is 38.0 Å². The Morgan fingerprint density at radius 2 is 2.11 bits per heavy atom. The summed E-state index contributed by atoms with van der Waals surface area (Å²) in [5.74, 6) is 0.470. The lowest BCUT2D eigenvalue weighted by molar-refractivity contribution is 0.0632. The Balaban J connectivity index is 1.49. The highest BCUT2D eigenvalue weighted by atomic mass is 19.1. The molecule has 0 radical (unpaired) electrons. The molecule has 4 rings (SSSR count). The molecular weight excluding hydrogens is 345 g/mol. The standard InChI is InChI=1S/C20H26FN5O/c1-2-26-18(9-10-23-26)20(27)25-11-3-4-15(13-25)19-17(12-22-24-19)14-5-7-16(21)8-6-14/h5-10,15,17,19,22,24H,2-4,11-13H2,1H3. The van der Waals surface area contributed by atoms with Crippen molar-refractivity contribution in [1.82, 2.24) is 25.5 Å². The number of aromatic nitrogens is 2. The van der Waals surface area contributed by atoms with Crippen LogP contribution in [-0.4, -0.2) is 46.3 Å². The average Bonchev–Trinajstić information content (AvgIpc) is 3.37. The molecule has 2 aliphatic rings. The molecule has 1 amide bonds. The molecule has 2 N–H and O–H groups in total. The zero-order valence-corrected chi connectivity index (χ0v) is 15.6. The van der Waals surface area contributed by atoms with Gasteiger partial charge in [0, 0.05) is 44.3 Å². The maximum Gasteiger partial charge on any atom is 0.272 e. The second kappa shape index (κ2) is 7.78. The van der Waals surface area contributed by atoms with Crippen LogP contribution in [0.4, 0.5) is 4.39 Å². The van der Waals surface area contributed by atoms with Crippen molar-refractivity contribution in [1.29, 1.82) is 0 Å². The summed E-state index contributed by atoms with van der Waals surface area (Å²) in [6, 6.07) is 8.80. The molecule has 3 unspecified atom stereocenters. The lowest BCUT2D eigenvalue weighted by Gasteiger charge is -2.37. The lowest BCUT2D eigenvalue weighted by atomic mass is 9.81. The van der Waals surface area contributed by atoms with Crippen molar-refractivity contribution in [2.45, 2.75) is 38.3 Å². The normalized spacial score (nSPS) is 25.7. The molecule has 2 saturated heterocycles. The van der Waals surface area contributed by atoms with E-state index in [1.165, 1.54) is 12.1 Å². The molecule has 27 heavy (non-hydrogen) atoms. The van der Waals surface area contributed by atoms with Gasteiger partial charge in [-0.15, -0.1) is 0 Å². The number of amides is 1. The Hall–Kier alpha value is -2.25. The van der Waals surface area contributed by atoms with Crippen molar-refractivity contribution in [3.63, 3.8) is 0 Å². The van der Waals surface area contributed by atoms with E-state index in [4.69, 9.17) is 0 Å². The first kappa shape index (κ1) is 18.1. The minimum Gasteiger partial charge on any atom is -0.337 e. The van der Waals surface area contributed by atoms with Gasteiger partial charge in [0.15, 0.2) is 0 Å². The summed E-state index contributed by atoms with van der Waals surface area (Å²) < 4.78 is 15.0. The van der Waals surface area contributed by atoms with Gasteiger partial charge in [0.05, 0.1) is 0 Å². The fourth-order valence-corrected chi connectivity index (χ4v) is 4.41. The first-order valence-electron chi connectivity index (χ1n) is 9.72. The van der Waals surface area contributed by atoms with Crippen molar-refractivity contribution in [3.8, 4) is 0 Å². The summed E-state index contributed by atoms with van der Waals surface area (Å²) in [4.78, 5) is 14.9. The number of hydrazine groups is 1. The van der Waals surface area contributed by atoms with Gasteiger partial charge in [-0.05, 0) is 49.4 Å². The van der Waals surface area contributed by atoms with E-state index in [9.17, 15) is 9.18 Å². The second-order valence-electron chi connectivity index (χ2n) is 7.39. The lowest BCUT2D eigenvalue weighted by Crippen LogP contribution is -2.48. The number of nitrogens with one attached hydrogen (secondary N) is 2. The van der Waals surface area contributed by atoms with E-state index in [2.05, 4.69) is 16.0 Å². The molecule has 1 aromatic carbocycles. The third-order valence-corrected chi connectivity index (χ3v) is 5.81. The Morgan fingerprint density at radius 1 is 1.30 bits per heavy atom. The molecule has 3 atom stereocenters. The van der Waals surface area contributed by atoms with E-state index >= 15 is 0 Å². The number of nitrogens with zero attached hydrogens (tertiary/aromatic N) is 3. The molecule has 3 heterocycles. The van der Waals surface area contributed by atoms with Gasteiger partial charge in [-0.25, -0.2) is 4.39 Å². The number of carbonyl (C=O) groups is 1. The highest BCUT2D eigenvalue weighted by molar-refractivity contribution is 5.92. The monoisotopic (exact) mass is 371 g/mol. The van der Waals surface area contributed by atoms with Crippen LogP contribution in [0.2, 0.25) is 0 Å². The average molecular weight is 371 g/mol. The summed E-state index contributed by atoms with van der Waals surface area (Å²) in [7, 11) is 0. The van der Waals surface area contributed by atoms with Crippen molar-refractivity contribution < 1.29 is 9.18 Å². The van der Waals surface area contributed by atoms with Crippen LogP contribution in [0.1, 0.15) is 41.7 Å². The van der Waals surface area contributed by atoms with Gasteiger partial charge < -0.3 is 4.90 Å². The number of hydrogen-bond acceptors (Lipinski definition) is 4. The van der Waals surface area contributed by atoms with Crippen LogP contribution in [-0.2, 0) is 6.54 Å². The predicted octanol–water partition coefficient (Wildman–Crippen LogP) is 2.15. The summed E-state index contributed by atoms with van der Waals surface area (Å²) in [5, 5.41) is 4.22. The second-order valence-corrected chi connectivity index (χ2v) is 7.39. The first-order chi connectivity index (χ1) is 13.2. The number of carbonyl (C=O) groups excluding carboxylic acids is 1. The maximum atomic E-state index is 13.3. The Bertz CT molecular complexity index is 790. The minimum atomic E-state index is -0.212. The number of rotatable bonds is 4. The first-order valence-corrected chi connectivity index (χ1v) is 9.72. The molecule has 6 nitrogen and oxygen atoms in total. The van der Waals surface area contributed by atoms with E-state index in [1.54, 1.807) is 16.9 Å². The zero-order chi connectivity index (χ0) is 18.8. The topological polar surface area (TPSA) is 62.2 Å². The van der Waals surface area contributed by atoms with Gasteiger partial charge in [-0.2, -0.15) is 5.10 Å². The molecule has 2 fully saturated rings. The Labute approximate surface area is 158 Å². The van der Waals surface area contributed by atoms with E-state index in [1.807, 2.05) is 24.0 Å². The van der Waals surface area contributed by atoms with Crippen LogP contribution in [0.15, 0.2) is 36.5 Å². The Kier molecular flexibility index (Phi) is 5.22.